The first kappa shape index (κ1) is 22.1. The summed E-state index contributed by atoms with van der Waals surface area (Å²) < 4.78 is 11.3. The van der Waals surface area contributed by atoms with Gasteiger partial charge in [0.2, 0.25) is 0 Å². The van der Waals surface area contributed by atoms with Crippen LogP contribution >= 0.6 is 0 Å². The summed E-state index contributed by atoms with van der Waals surface area (Å²) in [5.74, 6) is -0.569. The van der Waals surface area contributed by atoms with Crippen LogP contribution in [0.3, 0.4) is 0 Å². The van der Waals surface area contributed by atoms with Crippen molar-refractivity contribution in [2.75, 3.05) is 31.6 Å². The van der Waals surface area contributed by atoms with Crippen LogP contribution in [0.25, 0.3) is 0 Å². The van der Waals surface area contributed by atoms with Gasteiger partial charge in [0.05, 0.1) is 18.0 Å². The lowest BCUT2D eigenvalue weighted by Gasteiger charge is -2.26. The lowest BCUT2D eigenvalue weighted by Crippen LogP contribution is -2.38. The first-order chi connectivity index (χ1) is 14.9. The molecule has 1 aliphatic rings. The summed E-state index contributed by atoms with van der Waals surface area (Å²) in [6, 6.07) is 4.66. The number of benzene rings is 1. The van der Waals surface area contributed by atoms with Gasteiger partial charge in [-0.15, -0.1) is 0 Å². The summed E-state index contributed by atoms with van der Waals surface area (Å²) in [5, 5.41) is 9.08. The second kappa shape index (κ2) is 9.96. The highest BCUT2D eigenvalue weighted by Crippen LogP contribution is 2.29. The Morgan fingerprint density at radius 1 is 1.16 bits per heavy atom. The Kier molecular flexibility index (Phi) is 7.11. The molecule has 4 N–H and O–H groups in total. The van der Waals surface area contributed by atoms with E-state index in [4.69, 9.17) is 15.2 Å². The SMILES string of the molecule is CCOc1cc(C(=O)Nc2c(C(N)=O)n[nH]c2C)ccc1OCC(=O)N1CCCCC1. The molecule has 1 fully saturated rings. The van der Waals surface area contributed by atoms with Gasteiger partial charge in [0.1, 0.15) is 0 Å². The number of ether oxygens (including phenoxy) is 2. The molecule has 10 nitrogen and oxygen atoms in total. The van der Waals surface area contributed by atoms with E-state index in [1.807, 2.05) is 6.92 Å². The standard InChI is InChI=1S/C21H27N5O5/c1-3-30-16-11-14(21(29)23-18-13(2)24-25-19(18)20(22)28)7-8-15(16)31-12-17(27)26-9-5-4-6-10-26/h7-8,11H,3-6,9-10,12H2,1-2H3,(H2,22,28)(H,23,29)(H,24,25). The maximum absolute atomic E-state index is 12.7. The van der Waals surface area contributed by atoms with E-state index in [-0.39, 0.29) is 29.5 Å². The van der Waals surface area contributed by atoms with Crippen molar-refractivity contribution in [3.05, 3.63) is 35.2 Å². The van der Waals surface area contributed by atoms with Crippen molar-refractivity contribution in [3.63, 3.8) is 0 Å². The minimum Gasteiger partial charge on any atom is -0.490 e. The van der Waals surface area contributed by atoms with E-state index in [9.17, 15) is 14.4 Å². The Balaban J connectivity index is 1.72. The van der Waals surface area contributed by atoms with Crippen LogP contribution in [-0.2, 0) is 4.79 Å². The molecule has 31 heavy (non-hydrogen) atoms. The molecule has 10 heteroatoms. The van der Waals surface area contributed by atoms with E-state index in [1.165, 1.54) is 6.07 Å². The van der Waals surface area contributed by atoms with Gasteiger partial charge >= 0.3 is 0 Å². The third kappa shape index (κ3) is 5.33. The molecule has 2 heterocycles. The number of nitrogens with one attached hydrogen (secondary N) is 2. The molecule has 0 spiro atoms. The van der Waals surface area contributed by atoms with Crippen LogP contribution in [0.5, 0.6) is 11.5 Å². The number of primary amides is 1. The maximum atomic E-state index is 12.7. The Morgan fingerprint density at radius 3 is 2.58 bits per heavy atom. The topological polar surface area (TPSA) is 140 Å². The summed E-state index contributed by atoms with van der Waals surface area (Å²) in [6.45, 7) is 5.23. The lowest BCUT2D eigenvalue weighted by atomic mass is 10.1. The number of amides is 3. The van der Waals surface area contributed by atoms with Crippen molar-refractivity contribution >= 4 is 23.4 Å². The minimum atomic E-state index is -0.753. The molecular formula is C21H27N5O5. The summed E-state index contributed by atoms with van der Waals surface area (Å²) >= 11 is 0. The Labute approximate surface area is 180 Å². The quantitative estimate of drug-likeness (QED) is 0.585. The molecule has 3 rings (SSSR count). The number of aryl methyl sites for hydroxylation is 1. The fourth-order valence-electron chi connectivity index (χ4n) is 3.36. The average molecular weight is 429 g/mol. The molecule has 1 aliphatic heterocycles. The predicted molar refractivity (Wildman–Crippen MR) is 113 cm³/mol. The van der Waals surface area contributed by atoms with E-state index in [0.717, 1.165) is 32.4 Å². The van der Waals surface area contributed by atoms with Crippen LogP contribution in [0.2, 0.25) is 0 Å². The molecule has 2 aromatic rings. The van der Waals surface area contributed by atoms with E-state index < -0.39 is 11.8 Å². The first-order valence-corrected chi connectivity index (χ1v) is 10.2. The third-order valence-electron chi connectivity index (χ3n) is 4.98. The molecule has 0 aliphatic carbocycles. The van der Waals surface area contributed by atoms with E-state index in [1.54, 1.807) is 24.0 Å². The van der Waals surface area contributed by atoms with Crippen LogP contribution < -0.4 is 20.5 Å². The molecule has 1 saturated heterocycles. The van der Waals surface area contributed by atoms with E-state index in [0.29, 0.717) is 23.8 Å². The number of likely N-dealkylation sites (tertiary alicyclic amines) is 1. The summed E-state index contributed by atoms with van der Waals surface area (Å²) in [5.41, 5.74) is 6.26. The molecule has 0 bridgehead atoms. The number of H-pyrrole nitrogens is 1. The number of aromatic nitrogens is 2. The van der Waals surface area contributed by atoms with Gasteiger partial charge < -0.3 is 25.4 Å². The fourth-order valence-corrected chi connectivity index (χ4v) is 3.36. The van der Waals surface area contributed by atoms with Gasteiger partial charge in [-0.2, -0.15) is 5.10 Å². The molecule has 3 amide bonds. The highest BCUT2D eigenvalue weighted by atomic mass is 16.5. The van der Waals surface area contributed by atoms with Crippen molar-refractivity contribution < 1.29 is 23.9 Å². The number of hydrogen-bond donors (Lipinski definition) is 3. The first-order valence-electron chi connectivity index (χ1n) is 10.2. The molecule has 1 aromatic carbocycles. The number of anilines is 1. The molecule has 0 saturated carbocycles. The van der Waals surface area contributed by atoms with Gasteiger partial charge in [0, 0.05) is 18.7 Å². The van der Waals surface area contributed by atoms with Gasteiger partial charge in [-0.25, -0.2) is 0 Å². The number of hydrogen-bond acceptors (Lipinski definition) is 6. The Bertz CT molecular complexity index is 965. The number of rotatable bonds is 8. The van der Waals surface area contributed by atoms with Gasteiger partial charge in [0.25, 0.3) is 17.7 Å². The zero-order valence-corrected chi connectivity index (χ0v) is 17.7. The summed E-state index contributed by atoms with van der Waals surface area (Å²) in [7, 11) is 0. The predicted octanol–water partition coefficient (Wildman–Crippen LogP) is 1.86. The molecule has 166 valence electrons. The highest BCUT2D eigenvalue weighted by molar-refractivity contribution is 6.08. The zero-order valence-electron chi connectivity index (χ0n) is 17.7. The molecule has 0 unspecified atom stereocenters. The van der Waals surface area contributed by atoms with Crippen LogP contribution in [-0.4, -0.2) is 59.1 Å². The van der Waals surface area contributed by atoms with Crippen molar-refractivity contribution in [2.45, 2.75) is 33.1 Å². The minimum absolute atomic E-state index is 0.0490. The normalized spacial score (nSPS) is 13.5. The van der Waals surface area contributed by atoms with Crippen molar-refractivity contribution in [1.29, 1.82) is 0 Å². The summed E-state index contributed by atoms with van der Waals surface area (Å²) in [4.78, 5) is 38.4. The molecule has 0 atom stereocenters. The van der Waals surface area contributed by atoms with E-state index in [2.05, 4.69) is 15.5 Å². The Morgan fingerprint density at radius 2 is 1.90 bits per heavy atom. The Hall–Kier alpha value is -3.56. The molecular weight excluding hydrogens is 402 g/mol. The maximum Gasteiger partial charge on any atom is 0.271 e. The monoisotopic (exact) mass is 429 g/mol. The van der Waals surface area contributed by atoms with Crippen LogP contribution in [0, 0.1) is 6.92 Å². The van der Waals surface area contributed by atoms with Gasteiger partial charge in [0.15, 0.2) is 23.8 Å². The summed E-state index contributed by atoms with van der Waals surface area (Å²) in [6.07, 6.45) is 3.16. The third-order valence-corrected chi connectivity index (χ3v) is 4.98. The second-order valence-corrected chi connectivity index (χ2v) is 7.22. The van der Waals surface area contributed by atoms with Gasteiger partial charge in [-0.05, 0) is 51.3 Å². The molecule has 0 radical (unpaired) electrons. The van der Waals surface area contributed by atoms with Crippen LogP contribution in [0.1, 0.15) is 52.7 Å². The zero-order chi connectivity index (χ0) is 22.4. The van der Waals surface area contributed by atoms with Crippen molar-refractivity contribution in [1.82, 2.24) is 15.1 Å². The number of carbonyl (C=O) groups excluding carboxylic acids is 3. The van der Waals surface area contributed by atoms with Gasteiger partial charge in [-0.3, -0.25) is 19.5 Å². The average Bonchev–Trinajstić information content (AvgIpc) is 3.13. The van der Waals surface area contributed by atoms with E-state index >= 15 is 0 Å². The number of piperidine rings is 1. The fraction of sp³-hybridized carbons (Fsp3) is 0.429. The van der Waals surface area contributed by atoms with Crippen LogP contribution in [0.4, 0.5) is 5.69 Å². The number of aromatic amines is 1. The number of carbonyl (C=O) groups is 3. The second-order valence-electron chi connectivity index (χ2n) is 7.22. The largest absolute Gasteiger partial charge is 0.490 e. The number of nitrogens with two attached hydrogens (primary N) is 1. The van der Waals surface area contributed by atoms with Crippen molar-refractivity contribution in [3.8, 4) is 11.5 Å². The highest BCUT2D eigenvalue weighted by Gasteiger charge is 2.20. The van der Waals surface area contributed by atoms with Crippen molar-refractivity contribution in [2.24, 2.45) is 5.73 Å². The smallest absolute Gasteiger partial charge is 0.271 e. The number of nitrogens with zero attached hydrogens (tertiary/aromatic N) is 2. The molecule has 1 aromatic heterocycles. The lowest BCUT2D eigenvalue weighted by molar-refractivity contribution is -0.134. The van der Waals surface area contributed by atoms with Crippen LogP contribution in [0.15, 0.2) is 18.2 Å². The van der Waals surface area contributed by atoms with Gasteiger partial charge in [-0.1, -0.05) is 0 Å².